The number of thiophene rings is 1. The highest BCUT2D eigenvalue weighted by molar-refractivity contribution is 7.26. The molecule has 12 rings (SSSR count). The maximum atomic E-state index is 6.94. The first-order valence-corrected chi connectivity index (χ1v) is 21.5. The van der Waals surface area contributed by atoms with Gasteiger partial charge in [-0.2, -0.15) is 0 Å². The Kier molecular flexibility index (Phi) is 8.02. The Labute approximate surface area is 347 Å². The molecule has 0 amide bonds. The van der Waals surface area contributed by atoms with Gasteiger partial charge >= 0.3 is 0 Å². The molecule has 0 saturated heterocycles. The zero-order valence-electron chi connectivity index (χ0n) is 32.4. The molecule has 2 aliphatic carbocycles. The van der Waals surface area contributed by atoms with Crippen molar-refractivity contribution in [2.75, 3.05) is 4.90 Å². The van der Waals surface area contributed by atoms with Crippen LogP contribution in [-0.2, 0) is 6.42 Å². The quantitative estimate of drug-likeness (QED) is 0.167. The smallest absolute Gasteiger partial charge is 0.142 e. The third kappa shape index (κ3) is 5.68. The van der Waals surface area contributed by atoms with Crippen LogP contribution in [0.3, 0.4) is 0 Å². The van der Waals surface area contributed by atoms with Crippen molar-refractivity contribution in [3.8, 4) is 22.5 Å². The molecule has 2 heterocycles. The van der Waals surface area contributed by atoms with Crippen LogP contribution in [0.25, 0.3) is 69.9 Å². The fourth-order valence-corrected chi connectivity index (χ4v) is 10.8. The molecule has 0 bridgehead atoms. The zero-order valence-corrected chi connectivity index (χ0v) is 33.3. The maximum absolute atomic E-state index is 6.94. The molecule has 0 aliphatic heterocycles. The standard InChI is InChI=1S/C56H39NOS/c1-2-12-36(13-3-1)38-26-30-42(31-27-38)57(51-21-11-23-53-54(51)48-18-8-9-22-52(48)59-53)43-32-28-39(29-33-43)49-35-50-47-20-10-19-44(41-25-24-37-14-4-5-15-40(37)34-41)55(47)58-56(50)46-17-7-6-16-45(46)49/h2,4-34,49H,1,3,35H2. The minimum absolute atomic E-state index is 0.187. The minimum atomic E-state index is 0.187. The van der Waals surface area contributed by atoms with E-state index in [0.717, 1.165) is 47.5 Å². The topological polar surface area (TPSA) is 16.4 Å². The van der Waals surface area contributed by atoms with Crippen LogP contribution >= 0.6 is 11.3 Å². The third-order valence-electron chi connectivity index (χ3n) is 12.5. The lowest BCUT2D eigenvalue weighted by Gasteiger charge is -2.28. The van der Waals surface area contributed by atoms with Gasteiger partial charge in [-0.15, -0.1) is 11.3 Å². The Morgan fingerprint density at radius 3 is 2.14 bits per heavy atom. The number of anilines is 3. The van der Waals surface area contributed by atoms with Gasteiger partial charge in [-0.3, -0.25) is 0 Å². The summed E-state index contributed by atoms with van der Waals surface area (Å²) in [5, 5.41) is 6.27. The van der Waals surface area contributed by atoms with E-state index >= 15 is 0 Å². The molecule has 0 radical (unpaired) electrons. The number of rotatable bonds is 6. The summed E-state index contributed by atoms with van der Waals surface area (Å²) in [5.74, 6) is 1.19. The van der Waals surface area contributed by atoms with E-state index in [1.807, 2.05) is 11.3 Å². The molecule has 2 nitrogen and oxygen atoms in total. The lowest BCUT2D eigenvalue weighted by Crippen LogP contribution is -2.13. The van der Waals surface area contributed by atoms with E-state index in [2.05, 4.69) is 199 Å². The molecule has 2 aliphatic rings. The summed E-state index contributed by atoms with van der Waals surface area (Å²) in [5.41, 5.74) is 14.4. The lowest BCUT2D eigenvalue weighted by molar-refractivity contribution is 0.616. The molecule has 280 valence electrons. The van der Waals surface area contributed by atoms with Crippen molar-refractivity contribution in [1.29, 1.82) is 0 Å². The van der Waals surface area contributed by atoms with Crippen LogP contribution in [0.2, 0.25) is 0 Å². The van der Waals surface area contributed by atoms with Gasteiger partial charge in [0.1, 0.15) is 11.3 Å². The van der Waals surface area contributed by atoms with Gasteiger partial charge in [0.15, 0.2) is 0 Å². The number of para-hydroxylation sites is 1. The van der Waals surface area contributed by atoms with Gasteiger partial charge in [0.25, 0.3) is 0 Å². The zero-order chi connectivity index (χ0) is 38.9. The van der Waals surface area contributed by atoms with Gasteiger partial charge in [-0.1, -0.05) is 146 Å². The molecule has 0 N–H and O–H groups in total. The van der Waals surface area contributed by atoms with Crippen LogP contribution < -0.4 is 4.90 Å². The Balaban J connectivity index is 0.959. The molecule has 3 heteroatoms. The molecule has 8 aromatic carbocycles. The predicted molar refractivity (Wildman–Crippen MR) is 251 cm³/mol. The highest BCUT2D eigenvalue weighted by Crippen LogP contribution is 2.50. The Bertz CT molecular complexity index is 3310. The minimum Gasteiger partial charge on any atom is -0.455 e. The molecule has 0 fully saturated rings. The maximum Gasteiger partial charge on any atom is 0.142 e. The Morgan fingerprint density at radius 2 is 1.27 bits per heavy atom. The van der Waals surface area contributed by atoms with E-state index in [1.165, 1.54) is 81.0 Å². The third-order valence-corrected chi connectivity index (χ3v) is 13.6. The second-order valence-electron chi connectivity index (χ2n) is 15.9. The van der Waals surface area contributed by atoms with Crippen molar-refractivity contribution in [3.63, 3.8) is 0 Å². The van der Waals surface area contributed by atoms with E-state index in [4.69, 9.17) is 4.42 Å². The molecular weight excluding hydrogens is 735 g/mol. The molecule has 59 heavy (non-hydrogen) atoms. The average Bonchev–Trinajstić information content (AvgIpc) is 3.89. The van der Waals surface area contributed by atoms with E-state index in [0.29, 0.717) is 0 Å². The summed E-state index contributed by atoms with van der Waals surface area (Å²) >= 11 is 1.87. The molecule has 0 spiro atoms. The molecular formula is C56H39NOS. The first-order chi connectivity index (χ1) is 29.2. The number of hydrogen-bond donors (Lipinski definition) is 0. The highest BCUT2D eigenvalue weighted by atomic mass is 32.1. The summed E-state index contributed by atoms with van der Waals surface area (Å²) in [6.07, 6.45) is 9.97. The average molecular weight is 774 g/mol. The summed E-state index contributed by atoms with van der Waals surface area (Å²) in [4.78, 5) is 2.45. The number of fused-ring (bicyclic) bond motifs is 9. The largest absolute Gasteiger partial charge is 0.455 e. The number of allylic oxidation sites excluding steroid dienone is 4. The predicted octanol–water partition coefficient (Wildman–Crippen LogP) is 16.2. The Hall–Kier alpha value is -6.94. The van der Waals surface area contributed by atoms with Crippen molar-refractivity contribution < 1.29 is 4.42 Å². The fraction of sp³-hybridized carbons (Fsp3) is 0.0714. The summed E-state index contributed by atoms with van der Waals surface area (Å²) in [6.45, 7) is 0. The first-order valence-electron chi connectivity index (χ1n) is 20.7. The van der Waals surface area contributed by atoms with Crippen molar-refractivity contribution in [3.05, 3.63) is 216 Å². The van der Waals surface area contributed by atoms with Gasteiger partial charge < -0.3 is 9.32 Å². The van der Waals surface area contributed by atoms with E-state index in [9.17, 15) is 0 Å². The van der Waals surface area contributed by atoms with Crippen LogP contribution in [0.4, 0.5) is 17.1 Å². The van der Waals surface area contributed by atoms with Crippen molar-refractivity contribution in [2.45, 2.75) is 25.2 Å². The molecule has 0 saturated carbocycles. The summed E-state index contributed by atoms with van der Waals surface area (Å²) in [6, 6.07) is 64.8. The monoisotopic (exact) mass is 773 g/mol. The van der Waals surface area contributed by atoms with Crippen LogP contribution in [0.1, 0.15) is 41.0 Å². The summed E-state index contributed by atoms with van der Waals surface area (Å²) in [7, 11) is 0. The summed E-state index contributed by atoms with van der Waals surface area (Å²) < 4.78 is 9.55. The van der Waals surface area contributed by atoms with Crippen molar-refractivity contribution in [1.82, 2.24) is 0 Å². The fourth-order valence-electron chi connectivity index (χ4n) is 9.65. The first kappa shape index (κ1) is 34.1. The van der Waals surface area contributed by atoms with Gasteiger partial charge in [0, 0.05) is 59.5 Å². The van der Waals surface area contributed by atoms with Gasteiger partial charge in [0.05, 0.1) is 5.69 Å². The van der Waals surface area contributed by atoms with Crippen molar-refractivity contribution >= 4 is 75.9 Å². The van der Waals surface area contributed by atoms with Crippen molar-refractivity contribution in [2.24, 2.45) is 0 Å². The van der Waals surface area contributed by atoms with E-state index in [1.54, 1.807) is 0 Å². The van der Waals surface area contributed by atoms with Gasteiger partial charge in [-0.25, -0.2) is 0 Å². The van der Waals surface area contributed by atoms with Crippen LogP contribution in [0, 0.1) is 0 Å². The molecule has 1 unspecified atom stereocenters. The van der Waals surface area contributed by atoms with Crippen LogP contribution in [-0.4, -0.2) is 0 Å². The molecule has 1 atom stereocenters. The van der Waals surface area contributed by atoms with Crippen LogP contribution in [0.5, 0.6) is 0 Å². The number of nitrogens with zero attached hydrogens (tertiary/aromatic N) is 1. The SMILES string of the molecule is C1=CC(c2ccc(N(c3ccc(C4Cc5c(oc6c(-c7ccc8ccccc8c7)cccc56)-c5ccccc54)cc3)c3cccc4sc5ccccc5c34)cc2)=CCC1. The van der Waals surface area contributed by atoms with E-state index in [-0.39, 0.29) is 5.92 Å². The van der Waals surface area contributed by atoms with Crippen LogP contribution in [0.15, 0.2) is 199 Å². The lowest BCUT2D eigenvalue weighted by atomic mass is 9.77. The molecule has 10 aromatic rings. The number of hydrogen-bond acceptors (Lipinski definition) is 3. The van der Waals surface area contributed by atoms with Gasteiger partial charge in [-0.05, 0) is 106 Å². The number of benzene rings is 8. The van der Waals surface area contributed by atoms with E-state index < -0.39 is 0 Å². The van der Waals surface area contributed by atoms with Gasteiger partial charge in [0.2, 0.25) is 0 Å². The molecule has 2 aromatic heterocycles. The second kappa shape index (κ2) is 13.9. The normalized spacial score (nSPS) is 14.8. The highest BCUT2D eigenvalue weighted by Gasteiger charge is 2.31. The number of furan rings is 1. The Morgan fingerprint density at radius 1 is 0.559 bits per heavy atom. The second-order valence-corrected chi connectivity index (χ2v) is 16.9.